The summed E-state index contributed by atoms with van der Waals surface area (Å²) in [7, 11) is 0. The predicted octanol–water partition coefficient (Wildman–Crippen LogP) is 4.35. The van der Waals surface area contributed by atoms with Crippen LogP contribution in [-0.2, 0) is 5.41 Å². The molecule has 0 aliphatic heterocycles. The standard InChI is InChI=1S/C19H20F2N2O2/c1-19(2,3)15-10-8-13(9-11-15)17(24)23-22-12-14-6-4-5-7-16(14)25-18(20)21/h4-12,18H,1-3H3,(H,23,24)/b22-12-. The van der Waals surface area contributed by atoms with Crippen LogP contribution in [0.4, 0.5) is 8.78 Å². The molecular formula is C19H20F2N2O2. The van der Waals surface area contributed by atoms with Crippen LogP contribution in [0.25, 0.3) is 0 Å². The molecule has 0 aromatic heterocycles. The lowest BCUT2D eigenvalue weighted by Crippen LogP contribution is -2.18. The first-order chi connectivity index (χ1) is 11.8. The van der Waals surface area contributed by atoms with Gasteiger partial charge in [0.1, 0.15) is 5.75 Å². The molecule has 1 amide bonds. The van der Waals surface area contributed by atoms with Gasteiger partial charge in [-0.2, -0.15) is 13.9 Å². The van der Waals surface area contributed by atoms with E-state index in [1.165, 1.54) is 12.3 Å². The number of benzene rings is 2. The van der Waals surface area contributed by atoms with E-state index in [1.54, 1.807) is 30.3 Å². The molecule has 0 saturated carbocycles. The van der Waals surface area contributed by atoms with Crippen molar-refractivity contribution in [3.63, 3.8) is 0 Å². The number of hydrazone groups is 1. The molecule has 0 bridgehead atoms. The fourth-order valence-electron chi connectivity index (χ4n) is 2.14. The summed E-state index contributed by atoms with van der Waals surface area (Å²) in [4.78, 5) is 12.1. The van der Waals surface area contributed by atoms with E-state index < -0.39 is 6.61 Å². The van der Waals surface area contributed by atoms with Gasteiger partial charge in [0.15, 0.2) is 0 Å². The average molecular weight is 346 g/mol. The number of hydrogen-bond acceptors (Lipinski definition) is 3. The number of ether oxygens (including phenoxy) is 1. The molecule has 132 valence electrons. The number of nitrogens with zero attached hydrogens (tertiary/aromatic N) is 1. The summed E-state index contributed by atoms with van der Waals surface area (Å²) in [6.07, 6.45) is 1.26. The van der Waals surface area contributed by atoms with Gasteiger partial charge in [0, 0.05) is 11.1 Å². The number of amides is 1. The van der Waals surface area contributed by atoms with Crippen molar-refractivity contribution >= 4 is 12.1 Å². The molecule has 0 saturated heterocycles. The third-order valence-electron chi connectivity index (χ3n) is 3.52. The lowest BCUT2D eigenvalue weighted by atomic mass is 9.87. The second-order valence-electron chi connectivity index (χ2n) is 6.44. The van der Waals surface area contributed by atoms with Gasteiger partial charge in [0.05, 0.1) is 6.21 Å². The molecule has 2 aromatic rings. The first kappa shape index (κ1) is 18.6. The predicted molar refractivity (Wildman–Crippen MR) is 93.3 cm³/mol. The minimum atomic E-state index is -2.93. The van der Waals surface area contributed by atoms with Crippen LogP contribution in [0.15, 0.2) is 53.6 Å². The molecule has 25 heavy (non-hydrogen) atoms. The largest absolute Gasteiger partial charge is 0.434 e. The second kappa shape index (κ2) is 7.88. The van der Waals surface area contributed by atoms with Gasteiger partial charge in [-0.3, -0.25) is 4.79 Å². The maximum absolute atomic E-state index is 12.4. The Hall–Kier alpha value is -2.76. The van der Waals surface area contributed by atoms with E-state index >= 15 is 0 Å². The maximum Gasteiger partial charge on any atom is 0.387 e. The Morgan fingerprint density at radius 3 is 2.36 bits per heavy atom. The van der Waals surface area contributed by atoms with E-state index in [9.17, 15) is 13.6 Å². The summed E-state index contributed by atoms with van der Waals surface area (Å²) in [5, 5.41) is 3.81. The fourth-order valence-corrected chi connectivity index (χ4v) is 2.14. The summed E-state index contributed by atoms with van der Waals surface area (Å²) in [5.74, 6) is -0.394. The molecule has 1 N–H and O–H groups in total. The zero-order chi connectivity index (χ0) is 18.4. The quantitative estimate of drug-likeness (QED) is 0.646. The molecule has 0 radical (unpaired) electrons. The molecule has 0 fully saturated rings. The molecule has 0 unspecified atom stereocenters. The number of carbonyl (C=O) groups is 1. The minimum Gasteiger partial charge on any atom is -0.434 e. The molecule has 0 atom stereocenters. The van der Waals surface area contributed by atoms with E-state index in [0.29, 0.717) is 11.1 Å². The SMILES string of the molecule is CC(C)(C)c1ccc(C(=O)N/N=C\c2ccccc2OC(F)F)cc1. The number of nitrogens with one attached hydrogen (secondary N) is 1. The highest BCUT2D eigenvalue weighted by Crippen LogP contribution is 2.22. The van der Waals surface area contributed by atoms with Crippen molar-refractivity contribution in [1.82, 2.24) is 5.43 Å². The third kappa shape index (κ3) is 5.38. The fraction of sp³-hybridized carbons (Fsp3) is 0.263. The number of alkyl halides is 2. The van der Waals surface area contributed by atoms with Crippen molar-refractivity contribution in [3.05, 3.63) is 65.2 Å². The zero-order valence-electron chi connectivity index (χ0n) is 14.3. The topological polar surface area (TPSA) is 50.7 Å². The monoisotopic (exact) mass is 346 g/mol. The molecule has 0 heterocycles. The number of para-hydroxylation sites is 1. The van der Waals surface area contributed by atoms with Gasteiger partial charge in [-0.1, -0.05) is 45.0 Å². The number of carbonyl (C=O) groups excluding carboxylic acids is 1. The molecule has 0 aliphatic rings. The van der Waals surface area contributed by atoms with Crippen molar-refractivity contribution in [3.8, 4) is 5.75 Å². The van der Waals surface area contributed by atoms with E-state index in [2.05, 4.69) is 36.0 Å². The Bertz CT molecular complexity index is 751. The van der Waals surface area contributed by atoms with E-state index in [4.69, 9.17) is 0 Å². The molecule has 2 aromatic carbocycles. The highest BCUT2D eigenvalue weighted by molar-refractivity contribution is 5.95. The molecule has 4 nitrogen and oxygen atoms in total. The van der Waals surface area contributed by atoms with Gasteiger partial charge in [-0.25, -0.2) is 5.43 Å². The summed E-state index contributed by atoms with van der Waals surface area (Å²) >= 11 is 0. The van der Waals surface area contributed by atoms with Crippen LogP contribution in [0.3, 0.4) is 0 Å². The lowest BCUT2D eigenvalue weighted by molar-refractivity contribution is -0.0499. The van der Waals surface area contributed by atoms with E-state index in [-0.39, 0.29) is 17.1 Å². The third-order valence-corrected chi connectivity index (χ3v) is 3.52. The first-order valence-electron chi connectivity index (χ1n) is 7.75. The van der Waals surface area contributed by atoms with Crippen LogP contribution in [0.5, 0.6) is 5.75 Å². The molecule has 0 spiro atoms. The maximum atomic E-state index is 12.4. The van der Waals surface area contributed by atoms with Gasteiger partial charge in [0.25, 0.3) is 5.91 Å². The van der Waals surface area contributed by atoms with Gasteiger partial charge < -0.3 is 4.74 Å². The summed E-state index contributed by atoms with van der Waals surface area (Å²) in [6.45, 7) is 3.34. The van der Waals surface area contributed by atoms with Crippen molar-refractivity contribution in [1.29, 1.82) is 0 Å². The Kier molecular flexibility index (Phi) is 5.85. The van der Waals surface area contributed by atoms with Crippen LogP contribution in [0, 0.1) is 0 Å². The number of rotatable bonds is 5. The van der Waals surface area contributed by atoms with E-state index in [1.807, 2.05) is 12.1 Å². The summed E-state index contributed by atoms with van der Waals surface area (Å²) in [5.41, 5.74) is 4.29. The van der Waals surface area contributed by atoms with Gasteiger partial charge in [-0.15, -0.1) is 0 Å². The summed E-state index contributed by atoms with van der Waals surface area (Å²) in [6, 6.07) is 13.4. The van der Waals surface area contributed by atoms with Gasteiger partial charge in [-0.05, 0) is 35.2 Å². The van der Waals surface area contributed by atoms with Crippen molar-refractivity contribution in [2.75, 3.05) is 0 Å². The Morgan fingerprint density at radius 1 is 1.12 bits per heavy atom. The lowest BCUT2D eigenvalue weighted by Gasteiger charge is -2.18. The first-order valence-corrected chi connectivity index (χ1v) is 7.75. The minimum absolute atomic E-state index is 0.00156. The molecule has 6 heteroatoms. The Morgan fingerprint density at radius 2 is 1.76 bits per heavy atom. The van der Waals surface area contributed by atoms with Crippen LogP contribution in [0.1, 0.15) is 42.3 Å². The number of halogens is 2. The van der Waals surface area contributed by atoms with Crippen LogP contribution < -0.4 is 10.2 Å². The van der Waals surface area contributed by atoms with Crippen LogP contribution in [0.2, 0.25) is 0 Å². The van der Waals surface area contributed by atoms with Gasteiger partial charge in [0.2, 0.25) is 0 Å². The van der Waals surface area contributed by atoms with Crippen molar-refractivity contribution in [2.24, 2.45) is 5.10 Å². The molecule has 2 rings (SSSR count). The highest BCUT2D eigenvalue weighted by Gasteiger charge is 2.14. The van der Waals surface area contributed by atoms with Crippen molar-refractivity contribution < 1.29 is 18.3 Å². The zero-order valence-corrected chi connectivity index (χ0v) is 14.3. The van der Waals surface area contributed by atoms with E-state index in [0.717, 1.165) is 5.56 Å². The Labute approximate surface area is 145 Å². The summed E-state index contributed by atoms with van der Waals surface area (Å²) < 4.78 is 29.1. The smallest absolute Gasteiger partial charge is 0.387 e. The average Bonchev–Trinajstić information content (AvgIpc) is 2.55. The van der Waals surface area contributed by atoms with Gasteiger partial charge >= 0.3 is 6.61 Å². The van der Waals surface area contributed by atoms with Crippen LogP contribution in [-0.4, -0.2) is 18.7 Å². The highest BCUT2D eigenvalue weighted by atomic mass is 19.3. The number of hydrogen-bond donors (Lipinski definition) is 1. The normalized spacial score (nSPS) is 11.8. The molecular weight excluding hydrogens is 326 g/mol. The van der Waals surface area contributed by atoms with Crippen molar-refractivity contribution in [2.45, 2.75) is 32.8 Å². The second-order valence-corrected chi connectivity index (χ2v) is 6.44. The molecule has 0 aliphatic carbocycles. The Balaban J connectivity index is 2.04. The van der Waals surface area contributed by atoms with Crippen LogP contribution >= 0.6 is 0 Å².